The fourth-order valence-electron chi connectivity index (χ4n) is 2.71. The Morgan fingerprint density at radius 1 is 0.556 bits per heavy atom. The van der Waals surface area contributed by atoms with Crippen molar-refractivity contribution in [3.63, 3.8) is 0 Å². The van der Waals surface area contributed by atoms with Gasteiger partial charge in [-0.25, -0.2) is 0 Å². The highest BCUT2D eigenvalue weighted by molar-refractivity contribution is 4.70. The Morgan fingerprint density at radius 2 is 0.778 bits per heavy atom. The first kappa shape index (κ1) is 31.5. The van der Waals surface area contributed by atoms with Gasteiger partial charge in [-0.1, -0.05) is 52.4 Å². The molecule has 0 aromatic heterocycles. The minimum absolute atomic E-state index is 0.0451. The van der Waals surface area contributed by atoms with Gasteiger partial charge in [-0.15, -0.1) is 0 Å². The van der Waals surface area contributed by atoms with Gasteiger partial charge in [0.05, 0.1) is 13.2 Å². The second-order valence-corrected chi connectivity index (χ2v) is 7.85. The maximum absolute atomic E-state index is 8.79. The summed E-state index contributed by atoms with van der Waals surface area (Å²) in [4.78, 5) is 0. The van der Waals surface area contributed by atoms with E-state index < -0.39 is 0 Å². The van der Waals surface area contributed by atoms with E-state index in [0.717, 1.165) is 39.9 Å². The molecule has 2 rings (SSSR count). The Kier molecular flexibility index (Phi) is 27.7. The van der Waals surface area contributed by atoms with Crippen molar-refractivity contribution in [1.82, 2.24) is 0 Å². The summed E-state index contributed by atoms with van der Waals surface area (Å²) < 4.78 is 0. The van der Waals surface area contributed by atoms with E-state index in [1.54, 1.807) is 13.8 Å². The first-order valence-electron chi connectivity index (χ1n) is 10.3. The zero-order valence-electron chi connectivity index (χ0n) is 18.2. The lowest BCUT2D eigenvalue weighted by Crippen LogP contribution is -2.20. The van der Waals surface area contributed by atoms with Crippen LogP contribution in [0.5, 0.6) is 0 Å². The van der Waals surface area contributed by atoms with Gasteiger partial charge in [0.1, 0.15) is 0 Å². The second kappa shape index (κ2) is 23.8. The molecule has 6 nitrogen and oxygen atoms in total. The summed E-state index contributed by atoms with van der Waals surface area (Å²) in [6, 6.07) is 0. The van der Waals surface area contributed by atoms with Gasteiger partial charge in [0, 0.05) is 32.8 Å². The third-order valence-electron chi connectivity index (χ3n) is 4.84. The molecule has 2 fully saturated rings. The molecule has 0 bridgehead atoms. The van der Waals surface area contributed by atoms with E-state index >= 15 is 0 Å². The van der Waals surface area contributed by atoms with Crippen LogP contribution in [0.2, 0.25) is 0 Å². The van der Waals surface area contributed by atoms with Gasteiger partial charge in [-0.05, 0) is 37.5 Å². The quantitative estimate of drug-likeness (QED) is 0.434. The van der Waals surface area contributed by atoms with E-state index in [1.807, 2.05) is 0 Å². The molecule has 0 aliphatic heterocycles. The monoisotopic (exact) mass is 396 g/mol. The highest BCUT2D eigenvalue weighted by Gasteiger charge is 2.19. The zero-order valence-corrected chi connectivity index (χ0v) is 18.2. The average Bonchev–Trinajstić information content (AvgIpc) is 2.78. The molecule has 168 valence electrons. The van der Waals surface area contributed by atoms with Crippen LogP contribution < -0.4 is 0 Å². The fourth-order valence-corrected chi connectivity index (χ4v) is 2.71. The third kappa shape index (κ3) is 21.9. The lowest BCUT2D eigenvalue weighted by molar-refractivity contribution is 0.0857. The summed E-state index contributed by atoms with van der Waals surface area (Å²) in [5, 5.41) is 48.4. The highest BCUT2D eigenvalue weighted by Crippen LogP contribution is 2.27. The van der Waals surface area contributed by atoms with Crippen molar-refractivity contribution in [2.75, 3.05) is 40.6 Å². The predicted molar refractivity (Wildman–Crippen MR) is 112 cm³/mol. The second-order valence-electron chi connectivity index (χ2n) is 7.85. The lowest BCUT2D eigenvalue weighted by atomic mass is 9.83. The van der Waals surface area contributed by atoms with Crippen LogP contribution in [0.1, 0.15) is 78.1 Å². The average molecular weight is 397 g/mol. The maximum atomic E-state index is 8.79. The molecule has 2 saturated carbocycles. The molecule has 0 spiro atoms. The van der Waals surface area contributed by atoms with E-state index in [0.29, 0.717) is 25.0 Å². The predicted octanol–water partition coefficient (Wildman–Crippen LogP) is 2.33. The van der Waals surface area contributed by atoms with Crippen molar-refractivity contribution in [3.8, 4) is 0 Å². The molecule has 2 aliphatic rings. The lowest BCUT2D eigenvalue weighted by Gasteiger charge is -2.25. The molecule has 0 heterocycles. The molecule has 6 N–H and O–H groups in total. The molecule has 27 heavy (non-hydrogen) atoms. The molecular weight excluding hydrogens is 348 g/mol. The van der Waals surface area contributed by atoms with Crippen molar-refractivity contribution in [3.05, 3.63) is 0 Å². The smallest absolute Gasteiger partial charge is 0.0504 e. The van der Waals surface area contributed by atoms with E-state index in [-0.39, 0.29) is 18.6 Å². The molecule has 0 radical (unpaired) electrons. The highest BCUT2D eigenvalue weighted by atomic mass is 16.3. The van der Waals surface area contributed by atoms with Crippen LogP contribution in [0.25, 0.3) is 0 Å². The van der Waals surface area contributed by atoms with E-state index in [9.17, 15) is 0 Å². The first-order chi connectivity index (χ1) is 13.0. The van der Waals surface area contributed by atoms with E-state index in [4.69, 9.17) is 30.6 Å². The van der Waals surface area contributed by atoms with E-state index in [1.165, 1.54) is 38.5 Å². The number of aliphatic hydroxyl groups excluding tert-OH is 6. The third-order valence-corrected chi connectivity index (χ3v) is 4.84. The van der Waals surface area contributed by atoms with Crippen LogP contribution in [-0.2, 0) is 0 Å². The largest absolute Gasteiger partial charge is 0.400 e. The summed E-state index contributed by atoms with van der Waals surface area (Å²) in [6.45, 7) is 4.35. The van der Waals surface area contributed by atoms with Gasteiger partial charge in [-0.2, -0.15) is 0 Å². The Bertz CT molecular complexity index is 220. The molecule has 0 atom stereocenters. The van der Waals surface area contributed by atoms with Crippen LogP contribution in [0.15, 0.2) is 0 Å². The van der Waals surface area contributed by atoms with Crippen LogP contribution in [0.4, 0.5) is 0 Å². The molecule has 0 amide bonds. The van der Waals surface area contributed by atoms with Crippen molar-refractivity contribution >= 4 is 0 Å². The number of rotatable bonds is 4. The van der Waals surface area contributed by atoms with Crippen LogP contribution >= 0.6 is 0 Å². The Labute approximate surface area is 167 Å². The Morgan fingerprint density at radius 3 is 0.889 bits per heavy atom. The van der Waals surface area contributed by atoms with Gasteiger partial charge in [0.25, 0.3) is 0 Å². The topological polar surface area (TPSA) is 121 Å². The Hall–Kier alpha value is -0.240. The summed E-state index contributed by atoms with van der Waals surface area (Å²) in [5.74, 6) is 1.03. The fraction of sp³-hybridized carbons (Fsp3) is 1.00. The maximum Gasteiger partial charge on any atom is 0.0504 e. The number of hydrogen-bond donors (Lipinski definition) is 6. The minimum Gasteiger partial charge on any atom is -0.400 e. The van der Waals surface area contributed by atoms with Crippen molar-refractivity contribution in [2.45, 2.75) is 78.1 Å². The first-order valence-corrected chi connectivity index (χ1v) is 10.3. The van der Waals surface area contributed by atoms with Gasteiger partial charge in [-0.3, -0.25) is 0 Å². The number of hydrogen-bond acceptors (Lipinski definition) is 6. The summed E-state index contributed by atoms with van der Waals surface area (Å²) in [7, 11) is 2.00. The zero-order chi connectivity index (χ0) is 21.6. The number of aliphatic hydroxyl groups is 6. The molecule has 2 aliphatic carbocycles. The van der Waals surface area contributed by atoms with Gasteiger partial charge in [0.2, 0.25) is 0 Å². The summed E-state index contributed by atoms with van der Waals surface area (Å²) in [6.07, 6.45) is 13.4. The van der Waals surface area contributed by atoms with Crippen LogP contribution in [-0.4, -0.2) is 71.3 Å². The van der Waals surface area contributed by atoms with Crippen molar-refractivity contribution in [2.24, 2.45) is 17.3 Å². The minimum atomic E-state index is -0.306. The van der Waals surface area contributed by atoms with Gasteiger partial charge >= 0.3 is 0 Å². The van der Waals surface area contributed by atoms with Gasteiger partial charge in [0.15, 0.2) is 0 Å². The van der Waals surface area contributed by atoms with Crippen LogP contribution in [0, 0.1) is 17.3 Å². The van der Waals surface area contributed by atoms with Gasteiger partial charge < -0.3 is 30.6 Å². The van der Waals surface area contributed by atoms with E-state index in [2.05, 4.69) is 0 Å². The Balaban J connectivity index is -0.000000301. The van der Waals surface area contributed by atoms with Crippen molar-refractivity contribution in [1.29, 1.82) is 0 Å². The molecule has 0 aromatic carbocycles. The molecule has 0 aromatic rings. The SMILES string of the molecule is C1CCCCC1.CC(C)(CO)CO.CO.CO.OCC1CCC(CO)CC1. The molecule has 0 saturated heterocycles. The molecular formula is C21H48O6. The molecule has 6 heteroatoms. The van der Waals surface area contributed by atoms with Crippen LogP contribution in [0.3, 0.4) is 0 Å². The molecule has 0 unspecified atom stereocenters. The normalized spacial score (nSPS) is 21.6. The summed E-state index contributed by atoms with van der Waals surface area (Å²) >= 11 is 0. The summed E-state index contributed by atoms with van der Waals surface area (Å²) in [5.41, 5.74) is -0.306. The van der Waals surface area contributed by atoms with Crippen molar-refractivity contribution < 1.29 is 30.6 Å². The standard InChI is InChI=1S/C8H16O2.C6H12.C5H12O2.2CH4O/c9-5-7-1-2-8(6-10)4-3-7;1-2-4-6-5-3-1;1-5(2,3-6)4-7;2*1-2/h7-10H,1-6H2;1-6H2;6-7H,3-4H2,1-2H3;2*2H,1H3.